The van der Waals surface area contributed by atoms with E-state index in [2.05, 4.69) is 5.16 Å². The Morgan fingerprint density at radius 2 is 2.10 bits per heavy atom. The molecule has 0 radical (unpaired) electrons. The minimum atomic E-state index is 0.0930. The average molecular weight is 291 g/mol. The minimum Gasteiger partial charge on any atom is -0.489 e. The van der Waals surface area contributed by atoms with Crippen molar-refractivity contribution >= 4 is 17.4 Å². The second-order valence-electron chi connectivity index (χ2n) is 4.37. The molecular formula is C15H15ClN2O2. The molecule has 0 aromatic heterocycles. The molecule has 4 nitrogen and oxygen atoms in total. The Labute approximate surface area is 122 Å². The third-order valence-corrected chi connectivity index (χ3v) is 3.17. The number of hydrogen-bond donors (Lipinski definition) is 2. The first-order valence-corrected chi connectivity index (χ1v) is 6.43. The number of nitrogens with zero attached hydrogens (tertiary/aromatic N) is 1. The average Bonchev–Trinajstić information content (AvgIpc) is 2.45. The van der Waals surface area contributed by atoms with Crippen molar-refractivity contribution in [2.75, 3.05) is 0 Å². The molecule has 0 saturated carbocycles. The summed E-state index contributed by atoms with van der Waals surface area (Å²) in [7, 11) is 0. The summed E-state index contributed by atoms with van der Waals surface area (Å²) in [6.07, 6.45) is 0. The largest absolute Gasteiger partial charge is 0.489 e. The number of rotatable bonds is 4. The van der Waals surface area contributed by atoms with Gasteiger partial charge in [0.15, 0.2) is 5.84 Å². The smallest absolute Gasteiger partial charge is 0.170 e. The molecule has 2 rings (SSSR count). The van der Waals surface area contributed by atoms with Gasteiger partial charge in [-0.05, 0) is 42.3 Å². The Morgan fingerprint density at radius 1 is 1.30 bits per heavy atom. The van der Waals surface area contributed by atoms with Gasteiger partial charge in [-0.25, -0.2) is 0 Å². The Morgan fingerprint density at radius 3 is 2.75 bits per heavy atom. The molecule has 0 heterocycles. The van der Waals surface area contributed by atoms with Crippen LogP contribution in [0.3, 0.4) is 0 Å². The van der Waals surface area contributed by atoms with E-state index in [4.69, 9.17) is 27.3 Å². The predicted molar refractivity (Wildman–Crippen MR) is 79.5 cm³/mol. The van der Waals surface area contributed by atoms with Gasteiger partial charge in [-0.1, -0.05) is 35.0 Å². The van der Waals surface area contributed by atoms with Gasteiger partial charge in [0.25, 0.3) is 0 Å². The molecule has 104 valence electrons. The molecule has 0 spiro atoms. The summed E-state index contributed by atoms with van der Waals surface area (Å²) in [4.78, 5) is 0. The van der Waals surface area contributed by atoms with Gasteiger partial charge in [0.2, 0.25) is 0 Å². The summed E-state index contributed by atoms with van der Waals surface area (Å²) >= 11 is 5.90. The van der Waals surface area contributed by atoms with E-state index in [0.29, 0.717) is 17.2 Å². The quantitative estimate of drug-likeness (QED) is 0.393. The first kappa shape index (κ1) is 14.2. The van der Waals surface area contributed by atoms with Crippen molar-refractivity contribution in [3.05, 3.63) is 64.2 Å². The van der Waals surface area contributed by atoms with Gasteiger partial charge >= 0.3 is 0 Å². The van der Waals surface area contributed by atoms with Crippen LogP contribution < -0.4 is 10.5 Å². The summed E-state index contributed by atoms with van der Waals surface area (Å²) < 4.78 is 5.69. The molecule has 0 fully saturated rings. The Balaban J connectivity index is 2.11. The number of oxime groups is 1. The lowest BCUT2D eigenvalue weighted by Crippen LogP contribution is -2.13. The van der Waals surface area contributed by atoms with E-state index < -0.39 is 0 Å². The van der Waals surface area contributed by atoms with Crippen LogP contribution in [0.15, 0.2) is 47.6 Å². The van der Waals surface area contributed by atoms with E-state index in [-0.39, 0.29) is 5.84 Å². The van der Waals surface area contributed by atoms with E-state index >= 15 is 0 Å². The molecule has 0 amide bonds. The molecule has 0 saturated heterocycles. The number of amidine groups is 1. The maximum atomic E-state index is 8.65. The minimum absolute atomic E-state index is 0.0930. The molecule has 2 aromatic rings. The van der Waals surface area contributed by atoms with E-state index in [0.717, 1.165) is 16.9 Å². The molecule has 0 unspecified atom stereocenters. The number of benzene rings is 2. The number of aryl methyl sites for hydroxylation is 1. The van der Waals surface area contributed by atoms with Crippen molar-refractivity contribution in [1.82, 2.24) is 0 Å². The zero-order valence-corrected chi connectivity index (χ0v) is 11.8. The predicted octanol–water partition coefficient (Wildman–Crippen LogP) is 3.32. The van der Waals surface area contributed by atoms with Crippen molar-refractivity contribution in [2.45, 2.75) is 13.5 Å². The zero-order chi connectivity index (χ0) is 14.5. The van der Waals surface area contributed by atoms with Gasteiger partial charge in [0, 0.05) is 10.6 Å². The summed E-state index contributed by atoms with van der Waals surface area (Å²) in [6.45, 7) is 2.38. The molecular weight excluding hydrogens is 276 g/mol. The molecule has 0 aliphatic rings. The lowest BCUT2D eigenvalue weighted by atomic mass is 10.1. The summed E-state index contributed by atoms with van der Waals surface area (Å²) in [6, 6.07) is 12.8. The van der Waals surface area contributed by atoms with Crippen LogP contribution in [0, 0.1) is 6.92 Å². The number of nitrogens with two attached hydrogens (primary N) is 1. The second-order valence-corrected chi connectivity index (χ2v) is 4.81. The van der Waals surface area contributed by atoms with Crippen LogP contribution in [0.5, 0.6) is 5.75 Å². The first-order chi connectivity index (χ1) is 9.60. The van der Waals surface area contributed by atoms with Crippen molar-refractivity contribution in [3.8, 4) is 5.75 Å². The fourth-order valence-corrected chi connectivity index (χ4v) is 1.97. The van der Waals surface area contributed by atoms with Crippen molar-refractivity contribution in [2.24, 2.45) is 10.9 Å². The van der Waals surface area contributed by atoms with Gasteiger partial charge in [0.1, 0.15) is 12.4 Å². The molecule has 5 heteroatoms. The zero-order valence-electron chi connectivity index (χ0n) is 11.0. The van der Waals surface area contributed by atoms with Gasteiger partial charge in [-0.2, -0.15) is 0 Å². The standard InChI is InChI=1S/C15H15ClN2O2/c1-10-7-11(15(17)18-19)5-6-12(10)9-20-14-4-2-3-13(16)8-14/h2-8,19H,9H2,1H3,(H2,17,18). The fraction of sp³-hybridized carbons (Fsp3) is 0.133. The highest BCUT2D eigenvalue weighted by atomic mass is 35.5. The van der Waals surface area contributed by atoms with Crippen LogP contribution in [-0.4, -0.2) is 11.0 Å². The van der Waals surface area contributed by atoms with E-state index in [1.807, 2.05) is 31.2 Å². The number of halogens is 1. The third-order valence-electron chi connectivity index (χ3n) is 2.94. The maximum Gasteiger partial charge on any atom is 0.170 e. The Hall–Kier alpha value is -2.20. The Bertz CT molecular complexity index is 642. The van der Waals surface area contributed by atoms with Crippen LogP contribution in [0.1, 0.15) is 16.7 Å². The summed E-state index contributed by atoms with van der Waals surface area (Å²) in [5.41, 5.74) is 8.26. The molecule has 0 atom stereocenters. The van der Waals surface area contributed by atoms with Crippen LogP contribution in [0.25, 0.3) is 0 Å². The van der Waals surface area contributed by atoms with Crippen LogP contribution >= 0.6 is 11.6 Å². The van der Waals surface area contributed by atoms with Crippen molar-refractivity contribution < 1.29 is 9.94 Å². The van der Waals surface area contributed by atoms with E-state index in [1.165, 1.54) is 0 Å². The highest BCUT2D eigenvalue weighted by Gasteiger charge is 2.04. The second kappa shape index (κ2) is 6.30. The molecule has 0 aliphatic carbocycles. The molecule has 20 heavy (non-hydrogen) atoms. The summed E-state index contributed by atoms with van der Waals surface area (Å²) in [5, 5.41) is 12.3. The Kier molecular flexibility index (Phi) is 4.48. The molecule has 0 aliphatic heterocycles. The lowest BCUT2D eigenvalue weighted by molar-refractivity contribution is 0.305. The van der Waals surface area contributed by atoms with Crippen molar-refractivity contribution in [1.29, 1.82) is 0 Å². The van der Waals surface area contributed by atoms with Gasteiger partial charge in [-0.15, -0.1) is 0 Å². The molecule has 2 aromatic carbocycles. The number of hydrogen-bond acceptors (Lipinski definition) is 3. The van der Waals surface area contributed by atoms with Crippen LogP contribution in [-0.2, 0) is 6.61 Å². The van der Waals surface area contributed by atoms with Gasteiger partial charge < -0.3 is 15.7 Å². The van der Waals surface area contributed by atoms with Gasteiger partial charge in [-0.3, -0.25) is 0 Å². The van der Waals surface area contributed by atoms with E-state index in [1.54, 1.807) is 18.2 Å². The SMILES string of the molecule is Cc1cc(/C(N)=N/O)ccc1COc1cccc(Cl)c1. The molecule has 3 N–H and O–H groups in total. The fourth-order valence-electron chi connectivity index (χ4n) is 1.79. The number of ether oxygens (including phenoxy) is 1. The van der Waals surface area contributed by atoms with Crippen LogP contribution in [0.4, 0.5) is 0 Å². The highest BCUT2D eigenvalue weighted by molar-refractivity contribution is 6.30. The molecule has 0 bridgehead atoms. The topological polar surface area (TPSA) is 67.8 Å². The maximum absolute atomic E-state index is 8.65. The highest BCUT2D eigenvalue weighted by Crippen LogP contribution is 2.19. The lowest BCUT2D eigenvalue weighted by Gasteiger charge is -2.10. The van der Waals surface area contributed by atoms with Gasteiger partial charge in [0.05, 0.1) is 0 Å². The van der Waals surface area contributed by atoms with Crippen molar-refractivity contribution in [3.63, 3.8) is 0 Å². The third kappa shape index (κ3) is 3.42. The van der Waals surface area contributed by atoms with Crippen LogP contribution in [0.2, 0.25) is 5.02 Å². The monoisotopic (exact) mass is 290 g/mol. The normalized spacial score (nSPS) is 11.4. The van der Waals surface area contributed by atoms with E-state index in [9.17, 15) is 0 Å². The summed E-state index contributed by atoms with van der Waals surface area (Å²) in [5.74, 6) is 0.813. The first-order valence-electron chi connectivity index (χ1n) is 6.06.